The van der Waals surface area contributed by atoms with Gasteiger partial charge in [0, 0.05) is 0 Å². The van der Waals surface area contributed by atoms with E-state index in [1.54, 1.807) is 0 Å². The number of fused-ring (bicyclic) bond motifs is 5. The second-order valence-electron chi connectivity index (χ2n) is 15.3. The van der Waals surface area contributed by atoms with Crippen molar-refractivity contribution < 1.29 is 14.7 Å². The zero-order valence-corrected chi connectivity index (χ0v) is 27.6. The van der Waals surface area contributed by atoms with Crippen molar-refractivity contribution in [2.24, 2.45) is 17.3 Å². The van der Waals surface area contributed by atoms with Crippen LogP contribution < -0.4 is 0 Å². The Hall–Kier alpha value is -1.06. The zero-order valence-electron chi connectivity index (χ0n) is 27.6. The third-order valence-corrected chi connectivity index (χ3v) is 12.4. The van der Waals surface area contributed by atoms with E-state index in [4.69, 9.17) is 0 Å². The first-order valence-corrected chi connectivity index (χ1v) is 18.1. The number of rotatable bonds is 18. The minimum Gasteiger partial charge on any atom is -0.508 e. The van der Waals surface area contributed by atoms with Gasteiger partial charge in [0.2, 0.25) is 0 Å². The topological polar surface area (TPSA) is 40.5 Å². The van der Waals surface area contributed by atoms with Crippen molar-refractivity contribution >= 4 is 0 Å². The van der Waals surface area contributed by atoms with Gasteiger partial charge >= 0.3 is 0 Å². The molecule has 1 unspecified atom stereocenters. The maximum atomic E-state index is 12.3. The van der Waals surface area contributed by atoms with Crippen LogP contribution in [0.15, 0.2) is 18.2 Å². The maximum Gasteiger partial charge on any atom is 0.115 e. The van der Waals surface area contributed by atoms with Gasteiger partial charge in [-0.25, -0.2) is 0 Å². The summed E-state index contributed by atoms with van der Waals surface area (Å²) in [4.78, 5) is 0. The lowest BCUT2D eigenvalue weighted by Crippen LogP contribution is -2.52. The number of nitrogens with zero attached hydrogens (tertiary/aromatic N) is 1. The molecule has 0 bridgehead atoms. The molecule has 5 atom stereocenters. The lowest BCUT2D eigenvalue weighted by atomic mass is 9.53. The molecule has 3 aliphatic carbocycles. The average Bonchev–Trinajstić information content (AvgIpc) is 3.22. The molecule has 0 saturated heterocycles. The first-order valence-electron chi connectivity index (χ1n) is 18.1. The Labute approximate surface area is 254 Å². The Bertz CT molecular complexity index is 913. The highest BCUT2D eigenvalue weighted by Gasteiger charge is 2.61. The Morgan fingerprint density at radius 3 is 2.05 bits per heavy atom. The summed E-state index contributed by atoms with van der Waals surface area (Å²) < 4.78 is 1.21. The van der Waals surface area contributed by atoms with Crippen LogP contribution in [-0.4, -0.2) is 47.0 Å². The molecule has 234 valence electrons. The standard InChI is InChI=1S/C38H65NO2/c1-5-7-9-11-13-15-27-39(4,28-16-14-12-10-8-6-2)29-17-24-38(41)26-23-36-35-20-18-31-30-32(40)19-21-33(31)34(35)22-25-37(36,38)3/h19,21,30,34-36,41H,5-18,20,22-29H2,1-4H3/p+1/t34-,35-,36?,37+,38+/m1/s1. The van der Waals surface area contributed by atoms with Crippen LogP contribution >= 0.6 is 0 Å². The monoisotopic (exact) mass is 569 g/mol. The number of phenols is 1. The van der Waals surface area contributed by atoms with Crippen LogP contribution in [0.5, 0.6) is 5.75 Å². The molecule has 2 N–H and O–H groups in total. The quantitative estimate of drug-likeness (QED) is 0.137. The first-order chi connectivity index (χ1) is 19.8. The molecule has 0 radical (unpaired) electrons. The number of quaternary nitrogens is 1. The van der Waals surface area contributed by atoms with Crippen molar-refractivity contribution in [1.29, 1.82) is 0 Å². The van der Waals surface area contributed by atoms with Gasteiger partial charge in [-0.1, -0.05) is 78.2 Å². The van der Waals surface area contributed by atoms with Gasteiger partial charge in [0.25, 0.3) is 0 Å². The van der Waals surface area contributed by atoms with E-state index in [0.717, 1.165) is 32.1 Å². The Kier molecular flexibility index (Phi) is 12.1. The molecule has 0 spiro atoms. The number of aryl methyl sites for hydroxylation is 1. The van der Waals surface area contributed by atoms with Gasteiger partial charge in [0.05, 0.1) is 32.3 Å². The molecule has 2 fully saturated rings. The summed E-state index contributed by atoms with van der Waals surface area (Å²) >= 11 is 0. The van der Waals surface area contributed by atoms with E-state index in [1.807, 2.05) is 12.1 Å². The summed E-state index contributed by atoms with van der Waals surface area (Å²) in [7, 11) is 2.53. The van der Waals surface area contributed by atoms with Gasteiger partial charge < -0.3 is 14.7 Å². The van der Waals surface area contributed by atoms with Crippen molar-refractivity contribution in [2.45, 2.75) is 161 Å². The smallest absolute Gasteiger partial charge is 0.115 e. The van der Waals surface area contributed by atoms with Crippen LogP contribution in [0.1, 0.15) is 160 Å². The highest BCUT2D eigenvalue weighted by Crippen LogP contribution is 2.65. The molecule has 2 saturated carbocycles. The fraction of sp³-hybridized carbons (Fsp3) is 0.842. The molecule has 1 aromatic carbocycles. The predicted octanol–water partition coefficient (Wildman–Crippen LogP) is 9.93. The minimum atomic E-state index is -0.497. The van der Waals surface area contributed by atoms with Crippen molar-refractivity contribution in [2.75, 3.05) is 26.7 Å². The summed E-state index contributed by atoms with van der Waals surface area (Å²) in [5.74, 6) is 2.37. The van der Waals surface area contributed by atoms with E-state index in [1.165, 1.54) is 132 Å². The van der Waals surface area contributed by atoms with Crippen molar-refractivity contribution in [3.05, 3.63) is 29.3 Å². The van der Waals surface area contributed by atoms with Gasteiger partial charge in [-0.05, 0) is 123 Å². The number of aromatic hydroxyl groups is 1. The summed E-state index contributed by atoms with van der Waals surface area (Å²) in [5.41, 5.74) is 2.43. The van der Waals surface area contributed by atoms with Crippen molar-refractivity contribution in [1.82, 2.24) is 0 Å². The zero-order chi connectivity index (χ0) is 29.3. The van der Waals surface area contributed by atoms with Gasteiger partial charge in [-0.15, -0.1) is 0 Å². The molecule has 41 heavy (non-hydrogen) atoms. The van der Waals surface area contributed by atoms with Gasteiger partial charge in [0.1, 0.15) is 5.75 Å². The average molecular weight is 569 g/mol. The van der Waals surface area contributed by atoms with Gasteiger partial charge in [-0.3, -0.25) is 0 Å². The highest BCUT2D eigenvalue weighted by molar-refractivity contribution is 5.40. The number of phenolic OH excluding ortho intramolecular Hbond substituents is 1. The molecule has 0 aliphatic heterocycles. The first kappa shape index (κ1) is 32.8. The van der Waals surface area contributed by atoms with Crippen LogP contribution in [0.25, 0.3) is 0 Å². The van der Waals surface area contributed by atoms with Crippen molar-refractivity contribution in [3.8, 4) is 5.75 Å². The van der Waals surface area contributed by atoms with E-state index >= 15 is 0 Å². The van der Waals surface area contributed by atoms with Crippen LogP contribution in [0.3, 0.4) is 0 Å². The number of aliphatic hydroxyl groups is 1. The number of hydrogen-bond donors (Lipinski definition) is 2. The SMILES string of the molecule is CCCCCCCC[N+](C)(CCCCCCCC)CCC[C@]1(O)CCC2[C@@H]3CCc4cc(O)ccc4[C@H]3CC[C@@]21C. The summed E-state index contributed by atoms with van der Waals surface area (Å²) in [6.45, 7) is 10.9. The third kappa shape index (κ3) is 7.91. The van der Waals surface area contributed by atoms with Crippen LogP contribution in [0.2, 0.25) is 0 Å². The second-order valence-corrected chi connectivity index (χ2v) is 15.3. The molecule has 3 nitrogen and oxygen atoms in total. The second kappa shape index (κ2) is 15.1. The Balaban J connectivity index is 1.33. The van der Waals surface area contributed by atoms with Gasteiger partial charge in [-0.2, -0.15) is 0 Å². The fourth-order valence-corrected chi connectivity index (χ4v) is 9.73. The van der Waals surface area contributed by atoms with Crippen molar-refractivity contribution in [3.63, 3.8) is 0 Å². The molecule has 0 amide bonds. The largest absolute Gasteiger partial charge is 0.508 e. The van der Waals surface area contributed by atoms with E-state index in [0.29, 0.717) is 23.5 Å². The fourth-order valence-electron chi connectivity index (χ4n) is 9.73. The molecule has 0 heterocycles. The minimum absolute atomic E-state index is 0.0601. The molecular weight excluding hydrogens is 502 g/mol. The number of unbranched alkanes of at least 4 members (excludes halogenated alkanes) is 10. The van der Waals surface area contributed by atoms with E-state index in [-0.39, 0.29) is 5.41 Å². The van der Waals surface area contributed by atoms with E-state index in [9.17, 15) is 10.2 Å². The molecular formula is C38H66NO2+. The normalized spacial score (nSPS) is 29.2. The van der Waals surface area contributed by atoms with E-state index < -0.39 is 5.60 Å². The van der Waals surface area contributed by atoms with Gasteiger partial charge in [0.15, 0.2) is 0 Å². The molecule has 3 heteroatoms. The highest BCUT2D eigenvalue weighted by atomic mass is 16.3. The van der Waals surface area contributed by atoms with Crippen LogP contribution in [0, 0.1) is 17.3 Å². The Morgan fingerprint density at radius 2 is 1.39 bits per heavy atom. The van der Waals surface area contributed by atoms with Crippen LogP contribution in [0.4, 0.5) is 0 Å². The Morgan fingerprint density at radius 1 is 0.780 bits per heavy atom. The molecule has 4 rings (SSSR count). The molecule has 3 aliphatic rings. The number of benzene rings is 1. The lowest BCUT2D eigenvalue weighted by molar-refractivity contribution is -0.910. The maximum absolute atomic E-state index is 12.3. The van der Waals surface area contributed by atoms with E-state index in [2.05, 4.69) is 33.9 Å². The summed E-state index contributed by atoms with van der Waals surface area (Å²) in [5, 5.41) is 22.3. The lowest BCUT2D eigenvalue weighted by Gasteiger charge is -2.53. The molecule has 1 aromatic rings. The predicted molar refractivity (Wildman–Crippen MR) is 174 cm³/mol. The summed E-state index contributed by atoms with van der Waals surface area (Å²) in [6.07, 6.45) is 25.5. The van der Waals surface area contributed by atoms with Crippen LogP contribution in [-0.2, 0) is 6.42 Å². The third-order valence-electron chi connectivity index (χ3n) is 12.4. The summed E-state index contributed by atoms with van der Waals surface area (Å²) in [6, 6.07) is 6.11. The molecule has 0 aromatic heterocycles. The number of hydrogen-bond acceptors (Lipinski definition) is 2.